The highest BCUT2D eigenvalue weighted by atomic mass is 16.6. The molecule has 1 amide bonds. The van der Waals surface area contributed by atoms with Crippen molar-refractivity contribution in [2.45, 2.75) is 39.0 Å². The van der Waals surface area contributed by atoms with Crippen LogP contribution in [-0.4, -0.2) is 49.7 Å². The number of hydrogen-bond acceptors (Lipinski definition) is 4. The number of nitrogens with one attached hydrogen (secondary N) is 2. The van der Waals surface area contributed by atoms with Crippen LogP contribution in [0.5, 0.6) is 5.75 Å². The summed E-state index contributed by atoms with van der Waals surface area (Å²) in [5, 5.41) is 6.82. The van der Waals surface area contributed by atoms with Crippen LogP contribution < -0.4 is 15.4 Å². The summed E-state index contributed by atoms with van der Waals surface area (Å²) < 4.78 is 11.0. The summed E-state index contributed by atoms with van der Waals surface area (Å²) in [5.74, 6) is 1.60. The zero-order valence-corrected chi connectivity index (χ0v) is 18.3. The van der Waals surface area contributed by atoms with Crippen LogP contribution in [0.15, 0.2) is 59.6 Å². The number of carbonyl (C=O) groups excluding carboxylic acids is 1. The largest absolute Gasteiger partial charge is 0.489 e. The molecule has 0 spiro atoms. The summed E-state index contributed by atoms with van der Waals surface area (Å²) >= 11 is 0. The highest BCUT2D eigenvalue weighted by molar-refractivity contribution is 5.80. The fraction of sp³-hybridized carbons (Fsp3) is 0.417. The van der Waals surface area contributed by atoms with Crippen LogP contribution in [0.4, 0.5) is 4.79 Å². The van der Waals surface area contributed by atoms with Crippen molar-refractivity contribution in [3.8, 4) is 5.75 Å². The van der Waals surface area contributed by atoms with Gasteiger partial charge in [0.25, 0.3) is 0 Å². The van der Waals surface area contributed by atoms with E-state index in [1.54, 1.807) is 11.9 Å². The Balaban J connectivity index is 1.44. The molecule has 166 valence electrons. The van der Waals surface area contributed by atoms with Crippen molar-refractivity contribution in [2.75, 3.05) is 26.7 Å². The van der Waals surface area contributed by atoms with Gasteiger partial charge >= 0.3 is 6.09 Å². The maximum Gasteiger partial charge on any atom is 0.409 e. The van der Waals surface area contributed by atoms with Crippen LogP contribution in [0.25, 0.3) is 0 Å². The first-order chi connectivity index (χ1) is 15.2. The van der Waals surface area contributed by atoms with Gasteiger partial charge in [0.05, 0.1) is 6.61 Å². The molecule has 1 saturated heterocycles. The second-order valence-corrected chi connectivity index (χ2v) is 7.45. The van der Waals surface area contributed by atoms with Gasteiger partial charge in [0.2, 0.25) is 0 Å². The average molecular weight is 425 g/mol. The van der Waals surface area contributed by atoms with Gasteiger partial charge in [-0.1, -0.05) is 42.5 Å². The number of amides is 1. The quantitative estimate of drug-likeness (QED) is 0.525. The lowest BCUT2D eigenvalue weighted by molar-refractivity contribution is 0.0963. The number of aliphatic imine (C=N–C) groups is 1. The number of guanidine groups is 1. The van der Waals surface area contributed by atoms with Gasteiger partial charge < -0.3 is 25.0 Å². The topological polar surface area (TPSA) is 75.2 Å². The molecular weight excluding hydrogens is 392 g/mol. The zero-order chi connectivity index (χ0) is 21.9. The number of carbonyl (C=O) groups is 1. The van der Waals surface area contributed by atoms with Crippen molar-refractivity contribution in [3.05, 3.63) is 65.7 Å². The minimum atomic E-state index is -0.224. The lowest BCUT2D eigenvalue weighted by atomic mass is 10.1. The highest BCUT2D eigenvalue weighted by Gasteiger charge is 2.24. The van der Waals surface area contributed by atoms with Crippen LogP contribution in [0, 0.1) is 0 Å². The summed E-state index contributed by atoms with van der Waals surface area (Å²) in [7, 11) is 1.77. The van der Waals surface area contributed by atoms with Crippen LogP contribution in [0.2, 0.25) is 0 Å². The van der Waals surface area contributed by atoms with E-state index in [-0.39, 0.29) is 12.1 Å². The predicted molar refractivity (Wildman–Crippen MR) is 122 cm³/mol. The second-order valence-electron chi connectivity index (χ2n) is 7.45. The molecule has 0 radical (unpaired) electrons. The number of rotatable bonds is 7. The van der Waals surface area contributed by atoms with Crippen LogP contribution in [-0.2, 0) is 17.9 Å². The smallest absolute Gasteiger partial charge is 0.409 e. The Bertz CT molecular complexity index is 849. The van der Waals surface area contributed by atoms with E-state index in [2.05, 4.69) is 33.8 Å². The Hall–Kier alpha value is -3.22. The van der Waals surface area contributed by atoms with Crippen LogP contribution in [0.3, 0.4) is 0 Å². The third-order valence-electron chi connectivity index (χ3n) is 5.19. The van der Waals surface area contributed by atoms with Crippen LogP contribution in [0.1, 0.15) is 30.9 Å². The third kappa shape index (κ3) is 7.20. The van der Waals surface area contributed by atoms with Gasteiger partial charge in [-0.15, -0.1) is 0 Å². The molecule has 2 aromatic rings. The fourth-order valence-corrected chi connectivity index (χ4v) is 3.48. The minimum absolute atomic E-state index is 0.224. The van der Waals surface area contributed by atoms with E-state index in [1.807, 2.05) is 43.3 Å². The summed E-state index contributed by atoms with van der Waals surface area (Å²) in [6.45, 7) is 4.80. The van der Waals surface area contributed by atoms with Crippen molar-refractivity contribution in [2.24, 2.45) is 4.99 Å². The molecule has 3 rings (SSSR count). The first-order valence-corrected chi connectivity index (χ1v) is 10.8. The van der Waals surface area contributed by atoms with Crippen molar-refractivity contribution in [1.29, 1.82) is 0 Å². The Morgan fingerprint density at radius 2 is 1.84 bits per heavy atom. The van der Waals surface area contributed by atoms with Gasteiger partial charge in [0, 0.05) is 32.7 Å². The summed E-state index contributed by atoms with van der Waals surface area (Å²) in [6, 6.07) is 18.5. The van der Waals surface area contributed by atoms with E-state index >= 15 is 0 Å². The van der Waals surface area contributed by atoms with Crippen molar-refractivity contribution >= 4 is 12.1 Å². The Morgan fingerprint density at radius 1 is 1.10 bits per heavy atom. The number of hydrogen-bond donors (Lipinski definition) is 2. The van der Waals surface area contributed by atoms with Gasteiger partial charge in [-0.25, -0.2) is 4.79 Å². The average Bonchev–Trinajstić information content (AvgIpc) is 2.82. The first kappa shape index (κ1) is 22.5. The normalized spacial score (nSPS) is 14.8. The summed E-state index contributed by atoms with van der Waals surface area (Å²) in [6.07, 6.45) is 1.50. The Kier molecular flexibility index (Phi) is 8.58. The third-order valence-corrected chi connectivity index (χ3v) is 5.19. The molecule has 0 atom stereocenters. The van der Waals surface area contributed by atoms with Gasteiger partial charge in [-0.3, -0.25) is 4.99 Å². The number of ether oxygens (including phenoxy) is 2. The highest BCUT2D eigenvalue weighted by Crippen LogP contribution is 2.15. The van der Waals surface area contributed by atoms with Gasteiger partial charge in [0.15, 0.2) is 5.96 Å². The fourth-order valence-electron chi connectivity index (χ4n) is 3.48. The summed E-state index contributed by atoms with van der Waals surface area (Å²) in [4.78, 5) is 17.9. The first-order valence-electron chi connectivity index (χ1n) is 10.8. The molecular formula is C24H32N4O3. The molecule has 31 heavy (non-hydrogen) atoms. The lowest BCUT2D eigenvalue weighted by Gasteiger charge is -2.32. The molecule has 1 aliphatic heterocycles. The van der Waals surface area contributed by atoms with Crippen molar-refractivity contribution in [1.82, 2.24) is 15.5 Å². The molecule has 7 nitrogen and oxygen atoms in total. The second kappa shape index (κ2) is 11.8. The van der Waals surface area contributed by atoms with Crippen LogP contribution >= 0.6 is 0 Å². The van der Waals surface area contributed by atoms with Gasteiger partial charge in [0.1, 0.15) is 12.4 Å². The molecule has 1 heterocycles. The van der Waals surface area contributed by atoms with E-state index in [4.69, 9.17) is 9.47 Å². The molecule has 2 N–H and O–H groups in total. The molecule has 0 saturated carbocycles. The maximum atomic E-state index is 11.8. The minimum Gasteiger partial charge on any atom is -0.489 e. The Labute approximate surface area is 184 Å². The number of benzene rings is 2. The SMILES string of the molecule is CCOC(=O)N1CCC(NC(=NC)NCc2cccc(OCc3ccccc3)c2)CC1. The molecule has 2 aromatic carbocycles. The molecule has 0 aromatic heterocycles. The predicted octanol–water partition coefficient (Wildman–Crippen LogP) is 3.55. The van der Waals surface area contributed by atoms with Crippen molar-refractivity contribution in [3.63, 3.8) is 0 Å². The molecule has 1 aliphatic rings. The maximum absolute atomic E-state index is 11.8. The summed E-state index contributed by atoms with van der Waals surface area (Å²) in [5.41, 5.74) is 2.26. The van der Waals surface area contributed by atoms with E-state index < -0.39 is 0 Å². The van der Waals surface area contributed by atoms with E-state index in [9.17, 15) is 4.79 Å². The zero-order valence-electron chi connectivity index (χ0n) is 18.3. The molecule has 0 aliphatic carbocycles. The number of likely N-dealkylation sites (tertiary alicyclic amines) is 1. The van der Waals surface area contributed by atoms with E-state index in [1.165, 1.54) is 0 Å². The number of piperidine rings is 1. The van der Waals surface area contributed by atoms with E-state index in [0.717, 1.165) is 35.7 Å². The monoisotopic (exact) mass is 424 g/mol. The molecule has 7 heteroatoms. The van der Waals surface area contributed by atoms with Gasteiger partial charge in [-0.05, 0) is 43.0 Å². The van der Waals surface area contributed by atoms with Crippen molar-refractivity contribution < 1.29 is 14.3 Å². The Morgan fingerprint density at radius 3 is 2.55 bits per heavy atom. The molecule has 0 bridgehead atoms. The van der Waals surface area contributed by atoms with E-state index in [0.29, 0.717) is 32.8 Å². The number of nitrogens with zero attached hydrogens (tertiary/aromatic N) is 2. The van der Waals surface area contributed by atoms with Gasteiger partial charge in [-0.2, -0.15) is 0 Å². The standard InChI is InChI=1S/C24H32N4O3/c1-3-30-24(29)28-14-12-21(13-15-28)27-23(25-2)26-17-20-10-7-11-22(16-20)31-18-19-8-5-4-6-9-19/h4-11,16,21H,3,12-15,17-18H2,1-2H3,(H2,25,26,27). The molecule has 1 fully saturated rings. The molecule has 0 unspecified atom stereocenters. The lowest BCUT2D eigenvalue weighted by Crippen LogP contribution is -2.49.